The van der Waals surface area contributed by atoms with E-state index in [4.69, 9.17) is 61.6 Å². The summed E-state index contributed by atoms with van der Waals surface area (Å²) in [6.45, 7) is 15.7. The van der Waals surface area contributed by atoms with Crippen molar-refractivity contribution in [3.8, 4) is 0 Å². The zero-order chi connectivity index (χ0) is 31.0. The van der Waals surface area contributed by atoms with Crippen LogP contribution >= 0.6 is 0 Å². The van der Waals surface area contributed by atoms with Gasteiger partial charge in [-0.2, -0.15) is 0 Å². The molecule has 0 unspecified atom stereocenters. The lowest BCUT2D eigenvalue weighted by atomic mass is 10.6. The Labute approximate surface area is 257 Å². The van der Waals surface area contributed by atoms with Gasteiger partial charge in [-0.15, -0.1) is 6.58 Å². The molecule has 0 aromatic rings. The van der Waals surface area contributed by atoms with E-state index in [1.54, 1.807) is 6.08 Å². The van der Waals surface area contributed by atoms with Crippen LogP contribution < -0.4 is 0 Å². The third-order valence-electron chi connectivity index (χ3n) is 4.92. The van der Waals surface area contributed by atoms with Crippen LogP contribution in [0.3, 0.4) is 0 Å². The van der Waals surface area contributed by atoms with Crippen LogP contribution in [0.25, 0.3) is 0 Å². The largest absolute Gasteiger partial charge is 0.377 e. The van der Waals surface area contributed by atoms with Gasteiger partial charge in [0.25, 0.3) is 0 Å². The van der Waals surface area contributed by atoms with Gasteiger partial charge in [0.2, 0.25) is 0 Å². The maximum Gasteiger partial charge on any atom is 0.113 e. The second-order valence-corrected chi connectivity index (χ2v) is 8.40. The second kappa shape index (κ2) is 41.1. The fourth-order valence-corrected chi connectivity index (χ4v) is 2.86. The van der Waals surface area contributed by atoms with Gasteiger partial charge in [-0.25, -0.2) is 4.39 Å². The van der Waals surface area contributed by atoms with Crippen LogP contribution in [-0.4, -0.2) is 178 Å². The van der Waals surface area contributed by atoms with Crippen LogP contribution in [0.5, 0.6) is 0 Å². The van der Waals surface area contributed by atoms with E-state index < -0.39 is 6.67 Å². The fourth-order valence-electron chi connectivity index (χ4n) is 2.86. The molecule has 0 aliphatic carbocycles. The van der Waals surface area contributed by atoms with Crippen molar-refractivity contribution in [3.63, 3.8) is 0 Å². The lowest BCUT2D eigenvalue weighted by Crippen LogP contribution is -2.15. The average Bonchev–Trinajstić information content (AvgIpc) is 3.02. The molecule has 0 amide bonds. The standard InChI is InChI=1S/C29H57FO13/c1-2-4-31-6-8-33-10-12-35-14-16-37-18-20-39-22-24-41-26-28-43-29-27-42-25-23-40-21-19-38-17-15-36-13-11-34-9-7-32-5-3-30/h2H,1,3-29H2. The van der Waals surface area contributed by atoms with E-state index >= 15 is 0 Å². The number of ether oxygens (including phenoxy) is 13. The van der Waals surface area contributed by atoms with Gasteiger partial charge in [-0.05, 0) is 0 Å². The van der Waals surface area contributed by atoms with Crippen molar-refractivity contribution in [2.75, 3.05) is 178 Å². The number of hydrogen-bond donors (Lipinski definition) is 0. The number of hydrogen-bond acceptors (Lipinski definition) is 13. The Kier molecular flexibility index (Phi) is 40.3. The molecule has 0 spiro atoms. The van der Waals surface area contributed by atoms with E-state index in [1.165, 1.54) is 0 Å². The molecular weight excluding hydrogens is 575 g/mol. The summed E-state index contributed by atoms with van der Waals surface area (Å²) in [5.74, 6) is 0. The minimum atomic E-state index is -0.475. The zero-order valence-electron chi connectivity index (χ0n) is 26.1. The molecule has 0 aromatic carbocycles. The van der Waals surface area contributed by atoms with Gasteiger partial charge < -0.3 is 61.6 Å². The van der Waals surface area contributed by atoms with E-state index in [-0.39, 0.29) is 6.61 Å². The highest BCUT2D eigenvalue weighted by Crippen LogP contribution is 1.87. The van der Waals surface area contributed by atoms with Gasteiger partial charge in [0, 0.05) is 0 Å². The molecule has 14 heteroatoms. The van der Waals surface area contributed by atoms with Gasteiger partial charge in [0.1, 0.15) is 6.67 Å². The van der Waals surface area contributed by atoms with Gasteiger partial charge in [0.15, 0.2) is 0 Å². The van der Waals surface area contributed by atoms with Crippen LogP contribution in [-0.2, 0) is 61.6 Å². The van der Waals surface area contributed by atoms with Gasteiger partial charge >= 0.3 is 0 Å². The lowest BCUT2D eigenvalue weighted by molar-refractivity contribution is -0.0289. The molecule has 258 valence electrons. The summed E-state index contributed by atoms with van der Waals surface area (Å²) in [6, 6.07) is 0. The predicted octanol–water partition coefficient (Wildman–Crippen LogP) is 1.36. The number of alkyl halides is 1. The Bertz CT molecular complexity index is 509. The Balaban J connectivity index is 3.03. The highest BCUT2D eigenvalue weighted by molar-refractivity contribution is 4.63. The van der Waals surface area contributed by atoms with Crippen molar-refractivity contribution in [3.05, 3.63) is 12.7 Å². The smallest absolute Gasteiger partial charge is 0.113 e. The molecule has 0 aliphatic heterocycles. The number of rotatable bonds is 40. The van der Waals surface area contributed by atoms with E-state index in [1.807, 2.05) is 0 Å². The molecule has 43 heavy (non-hydrogen) atoms. The number of halogens is 1. The normalized spacial score (nSPS) is 11.5. The summed E-state index contributed by atoms with van der Waals surface area (Å²) in [7, 11) is 0. The first-order chi connectivity index (χ1) is 21.4. The molecule has 0 saturated heterocycles. The summed E-state index contributed by atoms with van der Waals surface area (Å²) in [6.07, 6.45) is 1.71. The summed E-state index contributed by atoms with van der Waals surface area (Å²) in [5, 5.41) is 0. The molecule has 0 atom stereocenters. The summed E-state index contributed by atoms with van der Waals surface area (Å²) in [4.78, 5) is 0. The van der Waals surface area contributed by atoms with Crippen molar-refractivity contribution < 1.29 is 66.0 Å². The Morgan fingerprint density at radius 2 is 0.442 bits per heavy atom. The molecule has 0 rings (SSSR count). The predicted molar refractivity (Wildman–Crippen MR) is 157 cm³/mol. The molecule has 0 radical (unpaired) electrons. The topological polar surface area (TPSA) is 120 Å². The van der Waals surface area contributed by atoms with Crippen molar-refractivity contribution in [1.29, 1.82) is 0 Å². The van der Waals surface area contributed by atoms with Crippen LogP contribution in [0.1, 0.15) is 0 Å². The monoisotopic (exact) mass is 632 g/mol. The fraction of sp³-hybridized carbons (Fsp3) is 0.931. The molecule has 0 saturated carbocycles. The van der Waals surface area contributed by atoms with Crippen molar-refractivity contribution in [1.82, 2.24) is 0 Å². The van der Waals surface area contributed by atoms with E-state index in [0.29, 0.717) is 165 Å². The summed E-state index contributed by atoms with van der Waals surface area (Å²) >= 11 is 0. The minimum Gasteiger partial charge on any atom is -0.377 e. The van der Waals surface area contributed by atoms with Crippen molar-refractivity contribution in [2.45, 2.75) is 0 Å². The maximum atomic E-state index is 11.8. The molecular formula is C29H57FO13. The average molecular weight is 633 g/mol. The van der Waals surface area contributed by atoms with Gasteiger partial charge in [0.05, 0.1) is 172 Å². The molecule has 13 nitrogen and oxygen atoms in total. The second-order valence-electron chi connectivity index (χ2n) is 8.40. The van der Waals surface area contributed by atoms with Crippen LogP contribution in [0.2, 0.25) is 0 Å². The summed E-state index contributed by atoms with van der Waals surface area (Å²) < 4.78 is 81.6. The third-order valence-corrected chi connectivity index (χ3v) is 4.92. The van der Waals surface area contributed by atoms with Crippen LogP contribution in [0, 0.1) is 0 Å². The van der Waals surface area contributed by atoms with Crippen LogP contribution in [0.15, 0.2) is 12.7 Å². The molecule has 0 N–H and O–H groups in total. The highest BCUT2D eigenvalue weighted by atomic mass is 19.1. The molecule has 0 aliphatic rings. The Morgan fingerprint density at radius 3 is 0.605 bits per heavy atom. The molecule has 0 bridgehead atoms. The quantitative estimate of drug-likeness (QED) is 0.0715. The lowest BCUT2D eigenvalue weighted by Gasteiger charge is -2.09. The third kappa shape index (κ3) is 41.1. The van der Waals surface area contributed by atoms with Gasteiger partial charge in [-0.1, -0.05) is 6.08 Å². The van der Waals surface area contributed by atoms with Crippen molar-refractivity contribution in [2.24, 2.45) is 0 Å². The van der Waals surface area contributed by atoms with Gasteiger partial charge in [-0.3, -0.25) is 0 Å². The Hall–Kier alpha value is -0.850. The maximum absolute atomic E-state index is 11.8. The minimum absolute atomic E-state index is 0.113. The molecule has 0 heterocycles. The first kappa shape index (κ1) is 42.1. The first-order valence-electron chi connectivity index (χ1n) is 15.1. The first-order valence-corrected chi connectivity index (χ1v) is 15.1. The zero-order valence-corrected chi connectivity index (χ0v) is 26.1. The van der Waals surface area contributed by atoms with E-state index in [0.717, 1.165) is 0 Å². The van der Waals surface area contributed by atoms with Crippen LogP contribution in [0.4, 0.5) is 4.39 Å². The molecule has 0 fully saturated rings. The SMILES string of the molecule is C=CCOCCOCCOCCOCCOCCOCCOCCOCCOCCOCCOCCOCCOCCF. The van der Waals surface area contributed by atoms with E-state index in [2.05, 4.69) is 6.58 Å². The molecule has 0 aromatic heterocycles. The van der Waals surface area contributed by atoms with Crippen molar-refractivity contribution >= 4 is 0 Å². The van der Waals surface area contributed by atoms with E-state index in [9.17, 15) is 4.39 Å². The Morgan fingerprint density at radius 1 is 0.279 bits per heavy atom. The summed E-state index contributed by atoms with van der Waals surface area (Å²) in [5.41, 5.74) is 0. The highest BCUT2D eigenvalue weighted by Gasteiger charge is 1.96.